The summed E-state index contributed by atoms with van der Waals surface area (Å²) in [7, 11) is 1.78. The Morgan fingerprint density at radius 1 is 1.28 bits per heavy atom. The molecule has 1 atom stereocenters. The van der Waals surface area contributed by atoms with Crippen LogP contribution in [0.4, 0.5) is 0 Å². The molecule has 0 bridgehead atoms. The molecule has 1 aromatic rings. The van der Waals surface area contributed by atoms with Crippen molar-refractivity contribution in [3.63, 3.8) is 0 Å². The summed E-state index contributed by atoms with van der Waals surface area (Å²) in [6.45, 7) is 2.41. The molecule has 0 heterocycles. The number of hydrogen-bond acceptors (Lipinski definition) is 2. The Morgan fingerprint density at radius 2 is 2.00 bits per heavy atom. The molecular formula is C15H22N2O. The van der Waals surface area contributed by atoms with Crippen LogP contribution in [0.5, 0.6) is 0 Å². The Hall–Kier alpha value is -1.35. The van der Waals surface area contributed by atoms with E-state index in [4.69, 9.17) is 0 Å². The number of aryl methyl sites for hydroxylation is 2. The zero-order valence-corrected chi connectivity index (χ0v) is 11.3. The van der Waals surface area contributed by atoms with Gasteiger partial charge in [0.1, 0.15) is 0 Å². The van der Waals surface area contributed by atoms with E-state index in [-0.39, 0.29) is 11.9 Å². The third-order valence-corrected chi connectivity index (χ3v) is 3.59. The Balaban J connectivity index is 2.06. The summed E-state index contributed by atoms with van der Waals surface area (Å²) in [5, 5.41) is 5.86. The number of fused-ring (bicyclic) bond motifs is 1. The van der Waals surface area contributed by atoms with Gasteiger partial charge in [0.25, 0.3) is 0 Å². The van der Waals surface area contributed by atoms with E-state index in [9.17, 15) is 4.79 Å². The molecule has 3 nitrogen and oxygen atoms in total. The molecular weight excluding hydrogens is 224 g/mol. The first-order valence-electron chi connectivity index (χ1n) is 6.76. The van der Waals surface area contributed by atoms with Crippen molar-refractivity contribution in [2.24, 2.45) is 0 Å². The smallest absolute Gasteiger partial charge is 0.234 e. The van der Waals surface area contributed by atoms with E-state index in [0.29, 0.717) is 6.54 Å². The zero-order valence-electron chi connectivity index (χ0n) is 11.3. The van der Waals surface area contributed by atoms with Gasteiger partial charge in [0.05, 0.1) is 12.6 Å². The fourth-order valence-corrected chi connectivity index (χ4v) is 2.56. The summed E-state index contributed by atoms with van der Waals surface area (Å²) in [4.78, 5) is 11.5. The van der Waals surface area contributed by atoms with Gasteiger partial charge in [-0.05, 0) is 56.3 Å². The maximum Gasteiger partial charge on any atom is 0.234 e. The third kappa shape index (κ3) is 3.10. The van der Waals surface area contributed by atoms with E-state index in [1.165, 1.54) is 42.4 Å². The number of nitrogens with one attached hydrogen (secondary N) is 2. The molecule has 1 aliphatic carbocycles. The Morgan fingerprint density at radius 3 is 2.72 bits per heavy atom. The highest BCUT2D eigenvalue weighted by atomic mass is 16.1. The van der Waals surface area contributed by atoms with Crippen LogP contribution in [-0.4, -0.2) is 19.5 Å². The number of benzene rings is 1. The summed E-state index contributed by atoms with van der Waals surface area (Å²) in [5.41, 5.74) is 4.16. The van der Waals surface area contributed by atoms with E-state index in [0.717, 1.165) is 0 Å². The summed E-state index contributed by atoms with van der Waals surface area (Å²) < 4.78 is 0. The van der Waals surface area contributed by atoms with Crippen molar-refractivity contribution in [1.82, 2.24) is 10.6 Å². The highest BCUT2D eigenvalue weighted by molar-refractivity contribution is 5.78. The average Bonchev–Trinajstić information content (AvgIpc) is 2.38. The van der Waals surface area contributed by atoms with Gasteiger partial charge in [0, 0.05) is 0 Å². The molecule has 0 aliphatic heterocycles. The molecule has 0 unspecified atom stereocenters. The molecule has 0 spiro atoms. The highest BCUT2D eigenvalue weighted by Gasteiger charge is 2.13. The van der Waals surface area contributed by atoms with E-state index < -0.39 is 0 Å². The van der Waals surface area contributed by atoms with Crippen molar-refractivity contribution in [3.05, 3.63) is 34.9 Å². The van der Waals surface area contributed by atoms with Crippen molar-refractivity contribution in [3.8, 4) is 0 Å². The molecule has 1 aromatic carbocycles. The van der Waals surface area contributed by atoms with Crippen LogP contribution in [0.25, 0.3) is 0 Å². The van der Waals surface area contributed by atoms with Crippen molar-refractivity contribution >= 4 is 5.91 Å². The maximum atomic E-state index is 11.5. The van der Waals surface area contributed by atoms with Crippen LogP contribution in [0.15, 0.2) is 18.2 Å². The van der Waals surface area contributed by atoms with Gasteiger partial charge in [-0.25, -0.2) is 0 Å². The minimum atomic E-state index is 0.0442. The lowest BCUT2D eigenvalue weighted by Crippen LogP contribution is -2.34. The van der Waals surface area contributed by atoms with Crippen LogP contribution in [0.1, 0.15) is 42.5 Å². The molecule has 1 aliphatic rings. The first kappa shape index (κ1) is 13.1. The standard InChI is InChI=1S/C15H22N2O/c1-11(17-15(18)10-16-2)13-8-7-12-5-3-4-6-14(12)9-13/h7-9,11,16H,3-6,10H2,1-2H3,(H,17,18)/t11-/m0/s1. The normalized spacial score (nSPS) is 15.9. The fourth-order valence-electron chi connectivity index (χ4n) is 2.56. The SMILES string of the molecule is CNCC(=O)N[C@@H](C)c1ccc2c(c1)CCCC2. The van der Waals surface area contributed by atoms with Gasteiger partial charge < -0.3 is 10.6 Å². The lowest BCUT2D eigenvalue weighted by atomic mass is 9.89. The van der Waals surface area contributed by atoms with Crippen molar-refractivity contribution < 1.29 is 4.79 Å². The van der Waals surface area contributed by atoms with E-state index >= 15 is 0 Å². The fraction of sp³-hybridized carbons (Fsp3) is 0.533. The molecule has 1 amide bonds. The lowest BCUT2D eigenvalue weighted by Gasteiger charge is -2.20. The summed E-state index contributed by atoms with van der Waals surface area (Å²) >= 11 is 0. The molecule has 2 rings (SSSR count). The molecule has 0 saturated carbocycles. The second-order valence-corrected chi connectivity index (χ2v) is 5.05. The molecule has 0 saturated heterocycles. The van der Waals surface area contributed by atoms with Gasteiger partial charge >= 0.3 is 0 Å². The van der Waals surface area contributed by atoms with Crippen LogP contribution in [0, 0.1) is 0 Å². The molecule has 0 fully saturated rings. The second-order valence-electron chi connectivity index (χ2n) is 5.05. The summed E-state index contributed by atoms with van der Waals surface area (Å²) in [6.07, 6.45) is 4.98. The molecule has 2 N–H and O–H groups in total. The molecule has 3 heteroatoms. The quantitative estimate of drug-likeness (QED) is 0.852. The zero-order chi connectivity index (χ0) is 13.0. The Labute approximate surface area is 109 Å². The second kappa shape index (κ2) is 6.01. The lowest BCUT2D eigenvalue weighted by molar-refractivity contribution is -0.120. The van der Waals surface area contributed by atoms with Gasteiger partial charge in [-0.1, -0.05) is 18.2 Å². The van der Waals surface area contributed by atoms with Crippen LogP contribution >= 0.6 is 0 Å². The number of carbonyl (C=O) groups is 1. The average molecular weight is 246 g/mol. The van der Waals surface area contributed by atoms with Crippen molar-refractivity contribution in [1.29, 1.82) is 0 Å². The van der Waals surface area contributed by atoms with Crippen LogP contribution in [0.2, 0.25) is 0 Å². The monoisotopic (exact) mass is 246 g/mol. The Kier molecular flexibility index (Phi) is 4.37. The Bertz CT molecular complexity index is 429. The topological polar surface area (TPSA) is 41.1 Å². The maximum absolute atomic E-state index is 11.5. The van der Waals surface area contributed by atoms with Gasteiger partial charge in [-0.2, -0.15) is 0 Å². The number of likely N-dealkylation sites (N-methyl/N-ethyl adjacent to an activating group) is 1. The first-order valence-corrected chi connectivity index (χ1v) is 6.76. The van der Waals surface area contributed by atoms with Gasteiger partial charge in [-0.3, -0.25) is 4.79 Å². The number of amides is 1. The van der Waals surface area contributed by atoms with Gasteiger partial charge in [0.15, 0.2) is 0 Å². The van der Waals surface area contributed by atoms with Crippen LogP contribution < -0.4 is 10.6 Å². The van der Waals surface area contributed by atoms with E-state index in [1.807, 2.05) is 6.92 Å². The van der Waals surface area contributed by atoms with Crippen LogP contribution in [0.3, 0.4) is 0 Å². The van der Waals surface area contributed by atoms with Crippen molar-refractivity contribution in [2.45, 2.75) is 38.6 Å². The van der Waals surface area contributed by atoms with Crippen LogP contribution in [-0.2, 0) is 17.6 Å². The number of carbonyl (C=O) groups excluding carboxylic acids is 1. The van der Waals surface area contributed by atoms with Crippen molar-refractivity contribution in [2.75, 3.05) is 13.6 Å². The van der Waals surface area contributed by atoms with E-state index in [1.54, 1.807) is 7.05 Å². The minimum Gasteiger partial charge on any atom is -0.348 e. The third-order valence-electron chi connectivity index (χ3n) is 3.59. The predicted molar refractivity (Wildman–Crippen MR) is 73.6 cm³/mol. The number of hydrogen-bond donors (Lipinski definition) is 2. The first-order chi connectivity index (χ1) is 8.70. The molecule has 0 aromatic heterocycles. The summed E-state index contributed by atoms with van der Waals surface area (Å²) in [6, 6.07) is 6.72. The predicted octanol–water partition coefficient (Wildman–Crippen LogP) is 1.96. The molecule has 98 valence electrons. The van der Waals surface area contributed by atoms with Gasteiger partial charge in [0.2, 0.25) is 5.91 Å². The largest absolute Gasteiger partial charge is 0.348 e. The van der Waals surface area contributed by atoms with E-state index in [2.05, 4.69) is 28.8 Å². The highest BCUT2D eigenvalue weighted by Crippen LogP contribution is 2.24. The summed E-state index contributed by atoms with van der Waals surface area (Å²) in [5.74, 6) is 0.0442. The van der Waals surface area contributed by atoms with Gasteiger partial charge in [-0.15, -0.1) is 0 Å². The molecule has 18 heavy (non-hydrogen) atoms. The number of rotatable bonds is 4. The minimum absolute atomic E-state index is 0.0442. The molecule has 0 radical (unpaired) electrons.